The summed E-state index contributed by atoms with van der Waals surface area (Å²) in [6, 6.07) is 8.69. The van der Waals surface area contributed by atoms with Crippen LogP contribution in [0.4, 0.5) is 0 Å². The van der Waals surface area contributed by atoms with Gasteiger partial charge in [0.2, 0.25) is 0 Å². The maximum Gasteiger partial charge on any atom is 0.338 e. The summed E-state index contributed by atoms with van der Waals surface area (Å²) in [5.74, 6) is 0.275. The van der Waals surface area contributed by atoms with E-state index in [0.717, 1.165) is 11.3 Å². The molecule has 0 amide bonds. The molecule has 2 rings (SSSR count). The van der Waals surface area contributed by atoms with E-state index in [-0.39, 0.29) is 5.56 Å². The first-order valence-corrected chi connectivity index (χ1v) is 4.67. The SMILES string of the molecule is COc1ccc(-c2cc(C(=O)O)co2)cc1. The number of methoxy groups -OCH3 is 1. The van der Waals surface area contributed by atoms with Crippen molar-refractivity contribution >= 4 is 5.97 Å². The van der Waals surface area contributed by atoms with Gasteiger partial charge in [-0.15, -0.1) is 0 Å². The van der Waals surface area contributed by atoms with Crippen LogP contribution in [0.5, 0.6) is 5.75 Å². The van der Waals surface area contributed by atoms with Crippen molar-refractivity contribution in [3.05, 3.63) is 42.2 Å². The van der Waals surface area contributed by atoms with E-state index in [9.17, 15) is 4.79 Å². The molecule has 0 unspecified atom stereocenters. The number of aromatic carboxylic acids is 1. The molecular formula is C12H10O4. The molecule has 0 aliphatic heterocycles. The molecule has 1 heterocycles. The zero-order valence-electron chi connectivity index (χ0n) is 8.64. The van der Waals surface area contributed by atoms with Crippen molar-refractivity contribution < 1.29 is 19.1 Å². The van der Waals surface area contributed by atoms with Crippen molar-refractivity contribution in [2.75, 3.05) is 7.11 Å². The largest absolute Gasteiger partial charge is 0.497 e. The minimum Gasteiger partial charge on any atom is -0.497 e. The number of carboxylic acids is 1. The lowest BCUT2D eigenvalue weighted by Gasteiger charge is -1.99. The molecule has 0 fully saturated rings. The zero-order chi connectivity index (χ0) is 11.5. The minimum absolute atomic E-state index is 0.144. The molecule has 4 nitrogen and oxygen atoms in total. The van der Waals surface area contributed by atoms with Crippen LogP contribution in [-0.2, 0) is 0 Å². The fourth-order valence-electron chi connectivity index (χ4n) is 1.36. The van der Waals surface area contributed by atoms with E-state index < -0.39 is 5.97 Å². The predicted molar refractivity (Wildman–Crippen MR) is 57.7 cm³/mol. The third-order valence-corrected chi connectivity index (χ3v) is 2.22. The van der Waals surface area contributed by atoms with E-state index in [0.29, 0.717) is 5.76 Å². The summed E-state index contributed by atoms with van der Waals surface area (Å²) in [4.78, 5) is 10.7. The number of rotatable bonds is 3. The van der Waals surface area contributed by atoms with Crippen LogP contribution in [0.3, 0.4) is 0 Å². The highest BCUT2D eigenvalue weighted by Crippen LogP contribution is 2.24. The average Bonchev–Trinajstić information content (AvgIpc) is 2.78. The van der Waals surface area contributed by atoms with Gasteiger partial charge in [0.05, 0.1) is 12.7 Å². The predicted octanol–water partition coefficient (Wildman–Crippen LogP) is 2.65. The Morgan fingerprint density at radius 1 is 1.31 bits per heavy atom. The minimum atomic E-state index is -0.997. The molecule has 1 aromatic heterocycles. The second-order valence-electron chi connectivity index (χ2n) is 3.23. The van der Waals surface area contributed by atoms with E-state index >= 15 is 0 Å². The van der Waals surface area contributed by atoms with Crippen LogP contribution in [0.25, 0.3) is 11.3 Å². The zero-order valence-corrected chi connectivity index (χ0v) is 8.64. The van der Waals surface area contributed by atoms with Crippen molar-refractivity contribution in [3.8, 4) is 17.1 Å². The van der Waals surface area contributed by atoms with Crippen molar-refractivity contribution in [1.29, 1.82) is 0 Å². The van der Waals surface area contributed by atoms with Crippen LogP contribution < -0.4 is 4.74 Å². The monoisotopic (exact) mass is 218 g/mol. The first kappa shape index (κ1) is 10.3. The van der Waals surface area contributed by atoms with E-state index in [1.807, 2.05) is 12.1 Å². The Morgan fingerprint density at radius 3 is 2.50 bits per heavy atom. The smallest absolute Gasteiger partial charge is 0.338 e. The average molecular weight is 218 g/mol. The Kier molecular flexibility index (Phi) is 2.64. The molecule has 1 N–H and O–H groups in total. The fraction of sp³-hybridized carbons (Fsp3) is 0.0833. The van der Waals surface area contributed by atoms with Gasteiger partial charge in [0.25, 0.3) is 0 Å². The molecule has 0 spiro atoms. The highest BCUT2D eigenvalue weighted by atomic mass is 16.5. The number of furan rings is 1. The van der Waals surface area contributed by atoms with Gasteiger partial charge in [-0.05, 0) is 30.3 Å². The summed E-state index contributed by atoms with van der Waals surface area (Å²) >= 11 is 0. The van der Waals surface area contributed by atoms with Crippen LogP contribution in [-0.4, -0.2) is 18.2 Å². The normalized spacial score (nSPS) is 10.1. The molecule has 0 bridgehead atoms. The van der Waals surface area contributed by atoms with Gasteiger partial charge in [-0.3, -0.25) is 0 Å². The molecule has 1 aromatic carbocycles. The number of benzene rings is 1. The molecular weight excluding hydrogens is 208 g/mol. The second-order valence-corrected chi connectivity index (χ2v) is 3.23. The van der Waals surface area contributed by atoms with Crippen LogP contribution in [0.15, 0.2) is 41.0 Å². The summed E-state index contributed by atoms with van der Waals surface area (Å²) in [7, 11) is 1.59. The van der Waals surface area contributed by atoms with E-state index in [4.69, 9.17) is 14.3 Å². The van der Waals surface area contributed by atoms with Gasteiger partial charge in [0.15, 0.2) is 0 Å². The van der Waals surface area contributed by atoms with E-state index in [1.165, 1.54) is 12.3 Å². The molecule has 0 radical (unpaired) electrons. The van der Waals surface area contributed by atoms with Gasteiger partial charge in [0, 0.05) is 5.56 Å². The Morgan fingerprint density at radius 2 is 2.00 bits per heavy atom. The molecule has 2 aromatic rings. The first-order chi connectivity index (χ1) is 7.70. The third kappa shape index (κ3) is 1.91. The topological polar surface area (TPSA) is 59.7 Å². The highest BCUT2D eigenvalue weighted by molar-refractivity contribution is 5.88. The van der Waals surface area contributed by atoms with Crippen LogP contribution in [0, 0.1) is 0 Å². The lowest BCUT2D eigenvalue weighted by molar-refractivity contribution is 0.0696. The van der Waals surface area contributed by atoms with Crippen LogP contribution in [0.2, 0.25) is 0 Å². The van der Waals surface area contributed by atoms with Gasteiger partial charge in [-0.2, -0.15) is 0 Å². The van der Waals surface area contributed by atoms with Crippen LogP contribution >= 0.6 is 0 Å². The lowest BCUT2D eigenvalue weighted by Crippen LogP contribution is -1.91. The summed E-state index contributed by atoms with van der Waals surface area (Å²) in [5.41, 5.74) is 0.958. The molecule has 0 aliphatic carbocycles. The molecule has 0 aliphatic rings. The van der Waals surface area contributed by atoms with Gasteiger partial charge in [0.1, 0.15) is 17.8 Å². The van der Waals surface area contributed by atoms with Gasteiger partial charge in [-0.25, -0.2) is 4.79 Å². The van der Waals surface area contributed by atoms with Gasteiger partial charge < -0.3 is 14.3 Å². The summed E-state index contributed by atoms with van der Waals surface area (Å²) in [6.07, 6.45) is 1.22. The number of ether oxygens (including phenoxy) is 1. The highest BCUT2D eigenvalue weighted by Gasteiger charge is 2.09. The van der Waals surface area contributed by atoms with E-state index in [2.05, 4.69) is 0 Å². The number of hydrogen-bond acceptors (Lipinski definition) is 3. The number of carbonyl (C=O) groups is 1. The fourth-order valence-corrected chi connectivity index (χ4v) is 1.36. The lowest BCUT2D eigenvalue weighted by atomic mass is 10.1. The maximum absolute atomic E-state index is 10.7. The molecule has 82 valence electrons. The second kappa shape index (κ2) is 4.10. The molecule has 4 heteroatoms. The summed E-state index contributed by atoms with van der Waals surface area (Å²) in [6.45, 7) is 0. The van der Waals surface area contributed by atoms with Crippen molar-refractivity contribution in [2.45, 2.75) is 0 Å². The molecule has 0 saturated carbocycles. The Bertz CT molecular complexity index is 496. The Hall–Kier alpha value is -2.23. The number of carboxylic acid groups (broad SMARTS) is 1. The summed E-state index contributed by atoms with van der Waals surface area (Å²) < 4.78 is 10.2. The number of hydrogen-bond donors (Lipinski definition) is 1. The van der Waals surface area contributed by atoms with Gasteiger partial charge in [-0.1, -0.05) is 0 Å². The van der Waals surface area contributed by atoms with Crippen molar-refractivity contribution in [2.24, 2.45) is 0 Å². The third-order valence-electron chi connectivity index (χ3n) is 2.22. The van der Waals surface area contributed by atoms with E-state index in [1.54, 1.807) is 19.2 Å². The molecule has 0 saturated heterocycles. The summed E-state index contributed by atoms with van der Waals surface area (Å²) in [5, 5.41) is 8.75. The Labute approximate surface area is 92.1 Å². The molecule has 0 atom stereocenters. The maximum atomic E-state index is 10.7. The van der Waals surface area contributed by atoms with Crippen LogP contribution in [0.1, 0.15) is 10.4 Å². The van der Waals surface area contributed by atoms with Gasteiger partial charge >= 0.3 is 5.97 Å². The first-order valence-electron chi connectivity index (χ1n) is 4.67. The van der Waals surface area contributed by atoms with Crippen molar-refractivity contribution in [1.82, 2.24) is 0 Å². The van der Waals surface area contributed by atoms with Crippen molar-refractivity contribution in [3.63, 3.8) is 0 Å². The standard InChI is InChI=1S/C12H10O4/c1-15-10-4-2-8(3-5-10)11-6-9(7-16-11)12(13)14/h2-7H,1H3,(H,13,14). The Balaban J connectivity index is 2.31. The quantitative estimate of drug-likeness (QED) is 0.860. The molecule has 16 heavy (non-hydrogen) atoms.